The van der Waals surface area contributed by atoms with Gasteiger partial charge in [0.2, 0.25) is 0 Å². The van der Waals surface area contributed by atoms with Crippen LogP contribution in [0.4, 0.5) is 0 Å². The lowest BCUT2D eigenvalue weighted by Gasteiger charge is -2.09. The molecule has 0 spiro atoms. The van der Waals surface area contributed by atoms with Crippen molar-refractivity contribution in [1.82, 2.24) is 10.6 Å². The molecule has 0 aliphatic rings. The van der Waals surface area contributed by atoms with Gasteiger partial charge < -0.3 is 15.4 Å². The van der Waals surface area contributed by atoms with Crippen molar-refractivity contribution in [1.29, 1.82) is 0 Å². The van der Waals surface area contributed by atoms with Crippen LogP contribution in [0.15, 0.2) is 59.6 Å². The van der Waals surface area contributed by atoms with E-state index in [9.17, 15) is 4.79 Å². The number of carbonyl (C=O) groups is 1. The Labute approximate surface area is 172 Å². The average molecular weight is 467 g/mol. The first kappa shape index (κ1) is 22.0. The van der Waals surface area contributed by atoms with E-state index >= 15 is 0 Å². The molecular weight excluding hydrogens is 441 g/mol. The summed E-state index contributed by atoms with van der Waals surface area (Å²) >= 11 is 0. The van der Waals surface area contributed by atoms with Gasteiger partial charge in [-0.3, -0.25) is 0 Å². The van der Waals surface area contributed by atoms with Crippen molar-refractivity contribution in [3.05, 3.63) is 71.3 Å². The highest BCUT2D eigenvalue weighted by atomic mass is 127. The Balaban J connectivity index is 0.00000338. The number of guanidine groups is 1. The summed E-state index contributed by atoms with van der Waals surface area (Å²) in [6, 6.07) is 17.0. The van der Waals surface area contributed by atoms with Crippen LogP contribution in [0.5, 0.6) is 0 Å². The van der Waals surface area contributed by atoms with Gasteiger partial charge in [-0.2, -0.15) is 0 Å². The molecule has 5 nitrogen and oxygen atoms in total. The molecule has 2 aromatic carbocycles. The number of hydrogen-bond acceptors (Lipinski definition) is 3. The maximum Gasteiger partial charge on any atom is 0.338 e. The minimum Gasteiger partial charge on any atom is -0.457 e. The number of rotatable bonds is 7. The van der Waals surface area contributed by atoms with Crippen molar-refractivity contribution in [2.75, 3.05) is 13.1 Å². The van der Waals surface area contributed by atoms with E-state index in [2.05, 4.69) is 15.6 Å². The lowest BCUT2D eigenvalue weighted by atomic mass is 10.1. The van der Waals surface area contributed by atoms with E-state index in [-0.39, 0.29) is 36.6 Å². The fraction of sp³-hybridized carbons (Fsp3) is 0.300. The van der Waals surface area contributed by atoms with Crippen LogP contribution in [0.2, 0.25) is 0 Å². The van der Waals surface area contributed by atoms with Crippen molar-refractivity contribution < 1.29 is 9.53 Å². The Hall–Kier alpha value is -2.09. The summed E-state index contributed by atoms with van der Waals surface area (Å²) in [5.74, 6) is 0.440. The molecule has 0 radical (unpaired) electrons. The second kappa shape index (κ2) is 12.3. The lowest BCUT2D eigenvalue weighted by molar-refractivity contribution is 0.0472. The summed E-state index contributed by atoms with van der Waals surface area (Å²) in [5, 5.41) is 6.35. The number of ether oxygens (including phenoxy) is 1. The van der Waals surface area contributed by atoms with Gasteiger partial charge in [-0.1, -0.05) is 42.5 Å². The molecule has 0 bridgehead atoms. The van der Waals surface area contributed by atoms with Gasteiger partial charge >= 0.3 is 5.97 Å². The van der Waals surface area contributed by atoms with Gasteiger partial charge in [-0.25, -0.2) is 9.79 Å². The molecule has 0 fully saturated rings. The smallest absolute Gasteiger partial charge is 0.338 e. The number of nitrogens with zero attached hydrogens (tertiary/aromatic N) is 1. The maximum atomic E-state index is 12.2. The molecular formula is C20H26IN3O2. The number of halogens is 1. The second-order valence-corrected chi connectivity index (χ2v) is 5.49. The Kier molecular flexibility index (Phi) is 10.4. The largest absolute Gasteiger partial charge is 0.457 e. The molecule has 0 heterocycles. The van der Waals surface area contributed by atoms with Gasteiger partial charge in [0, 0.05) is 13.1 Å². The molecule has 0 aromatic heterocycles. The molecule has 140 valence electrons. The average Bonchev–Trinajstić information content (AvgIpc) is 2.65. The number of benzene rings is 2. The molecule has 6 heteroatoms. The van der Waals surface area contributed by atoms with Crippen LogP contribution in [0.25, 0.3) is 0 Å². The van der Waals surface area contributed by atoms with Crippen molar-refractivity contribution >= 4 is 35.9 Å². The van der Waals surface area contributed by atoms with Crippen LogP contribution in [0.3, 0.4) is 0 Å². The van der Waals surface area contributed by atoms with Crippen LogP contribution in [0, 0.1) is 0 Å². The molecule has 2 rings (SSSR count). The summed E-state index contributed by atoms with van der Waals surface area (Å²) in [6.45, 7) is 6.42. The predicted molar refractivity (Wildman–Crippen MR) is 116 cm³/mol. The van der Waals surface area contributed by atoms with Crippen LogP contribution in [0.1, 0.15) is 35.3 Å². The van der Waals surface area contributed by atoms with Crippen molar-refractivity contribution in [3.63, 3.8) is 0 Å². The van der Waals surface area contributed by atoms with Crippen LogP contribution in [-0.2, 0) is 17.9 Å². The fourth-order valence-electron chi connectivity index (χ4n) is 2.28. The summed E-state index contributed by atoms with van der Waals surface area (Å²) in [7, 11) is 0. The number of carbonyl (C=O) groups excluding carboxylic acids is 1. The predicted octanol–water partition coefficient (Wildman–Crippen LogP) is 3.74. The van der Waals surface area contributed by atoms with E-state index in [0.29, 0.717) is 12.1 Å². The molecule has 0 aliphatic carbocycles. The number of esters is 1. The summed E-state index contributed by atoms with van der Waals surface area (Å²) in [6.07, 6.45) is 0. The van der Waals surface area contributed by atoms with Gasteiger partial charge in [0.05, 0.1) is 12.1 Å². The first-order valence-corrected chi connectivity index (χ1v) is 8.55. The third-order valence-electron chi connectivity index (χ3n) is 3.48. The van der Waals surface area contributed by atoms with Gasteiger partial charge in [0.15, 0.2) is 5.96 Å². The van der Waals surface area contributed by atoms with E-state index in [1.54, 1.807) is 6.07 Å². The van der Waals surface area contributed by atoms with Crippen molar-refractivity contribution in [2.45, 2.75) is 27.0 Å². The molecule has 0 saturated heterocycles. The van der Waals surface area contributed by atoms with E-state index in [1.165, 1.54) is 0 Å². The highest BCUT2D eigenvalue weighted by Crippen LogP contribution is 2.10. The highest BCUT2D eigenvalue weighted by molar-refractivity contribution is 14.0. The topological polar surface area (TPSA) is 62.7 Å². The standard InChI is InChI=1S/C20H25N3O2.HI/c1-3-21-20(22-4-2)23-14-17-11-8-12-18(13-17)19(24)25-15-16-9-6-5-7-10-16;/h5-13H,3-4,14-15H2,1-2H3,(H2,21,22,23);1H. The lowest BCUT2D eigenvalue weighted by Crippen LogP contribution is -2.36. The molecule has 0 aliphatic heterocycles. The van der Waals surface area contributed by atoms with Crippen molar-refractivity contribution in [3.8, 4) is 0 Å². The van der Waals surface area contributed by atoms with Crippen LogP contribution < -0.4 is 10.6 Å². The molecule has 2 N–H and O–H groups in total. The van der Waals surface area contributed by atoms with E-state index in [4.69, 9.17) is 4.74 Å². The number of nitrogens with one attached hydrogen (secondary N) is 2. The summed E-state index contributed by atoms with van der Waals surface area (Å²) in [5.41, 5.74) is 2.47. The van der Waals surface area contributed by atoms with E-state index in [1.807, 2.05) is 62.4 Å². The molecule has 2 aromatic rings. The van der Waals surface area contributed by atoms with E-state index < -0.39 is 0 Å². The molecule has 0 amide bonds. The third kappa shape index (κ3) is 7.43. The fourth-order valence-corrected chi connectivity index (χ4v) is 2.28. The summed E-state index contributed by atoms with van der Waals surface area (Å²) in [4.78, 5) is 16.7. The third-order valence-corrected chi connectivity index (χ3v) is 3.48. The summed E-state index contributed by atoms with van der Waals surface area (Å²) < 4.78 is 5.37. The molecule has 0 saturated carbocycles. The Morgan fingerprint density at radius 1 is 0.962 bits per heavy atom. The number of aliphatic imine (C=N–C) groups is 1. The molecule has 0 atom stereocenters. The zero-order chi connectivity index (χ0) is 17.9. The number of hydrogen-bond donors (Lipinski definition) is 2. The zero-order valence-electron chi connectivity index (χ0n) is 15.2. The Morgan fingerprint density at radius 3 is 2.27 bits per heavy atom. The quantitative estimate of drug-likeness (QED) is 0.282. The first-order valence-electron chi connectivity index (χ1n) is 8.55. The monoisotopic (exact) mass is 467 g/mol. The van der Waals surface area contributed by atoms with Gasteiger partial charge in [0.25, 0.3) is 0 Å². The SMILES string of the molecule is CCNC(=NCc1cccc(C(=O)OCc2ccccc2)c1)NCC.I. The van der Waals surface area contributed by atoms with Gasteiger partial charge in [-0.05, 0) is 37.1 Å². The van der Waals surface area contributed by atoms with Crippen LogP contribution >= 0.6 is 24.0 Å². The zero-order valence-corrected chi connectivity index (χ0v) is 17.5. The van der Waals surface area contributed by atoms with Gasteiger partial charge in [0.1, 0.15) is 6.61 Å². The first-order chi connectivity index (χ1) is 12.2. The minimum absolute atomic E-state index is 0. The highest BCUT2D eigenvalue weighted by Gasteiger charge is 2.08. The maximum absolute atomic E-state index is 12.2. The second-order valence-electron chi connectivity index (χ2n) is 5.49. The van der Waals surface area contributed by atoms with Crippen LogP contribution in [-0.4, -0.2) is 25.0 Å². The Bertz CT molecular complexity index is 697. The molecule has 0 unspecified atom stereocenters. The Morgan fingerprint density at radius 2 is 1.62 bits per heavy atom. The van der Waals surface area contributed by atoms with Gasteiger partial charge in [-0.15, -0.1) is 24.0 Å². The van der Waals surface area contributed by atoms with E-state index in [0.717, 1.165) is 30.2 Å². The normalized spacial score (nSPS) is 9.62. The molecule has 26 heavy (non-hydrogen) atoms. The van der Waals surface area contributed by atoms with Crippen molar-refractivity contribution in [2.24, 2.45) is 4.99 Å². The minimum atomic E-state index is -0.326.